The highest BCUT2D eigenvalue weighted by Gasteiger charge is 2.31. The van der Waals surface area contributed by atoms with Crippen LogP contribution in [0.1, 0.15) is 34.3 Å². The van der Waals surface area contributed by atoms with E-state index >= 15 is 0 Å². The molecule has 0 saturated carbocycles. The minimum atomic E-state index is 0.103. The zero-order valence-electron chi connectivity index (χ0n) is 17.2. The molecule has 29 heavy (non-hydrogen) atoms. The van der Waals surface area contributed by atoms with Crippen LogP contribution >= 0.6 is 0 Å². The number of rotatable bonds is 5. The number of carbonyl (C=O) groups excluding carboxylic acids is 1. The predicted octanol–water partition coefficient (Wildman–Crippen LogP) is 5.35. The maximum absolute atomic E-state index is 13.4. The van der Waals surface area contributed by atoms with Gasteiger partial charge in [0.2, 0.25) is 0 Å². The second kappa shape index (κ2) is 8.52. The van der Waals surface area contributed by atoms with Gasteiger partial charge in [0.1, 0.15) is 0 Å². The first-order valence-corrected chi connectivity index (χ1v) is 10.4. The molecule has 0 bridgehead atoms. The first-order chi connectivity index (χ1) is 14.1. The van der Waals surface area contributed by atoms with Crippen molar-refractivity contribution in [3.8, 4) is 0 Å². The Bertz CT molecular complexity index is 964. The fourth-order valence-electron chi connectivity index (χ4n) is 4.17. The second-order valence-electron chi connectivity index (χ2n) is 7.96. The monoisotopic (exact) mass is 384 g/mol. The van der Waals surface area contributed by atoms with E-state index in [9.17, 15) is 4.79 Å². The summed E-state index contributed by atoms with van der Waals surface area (Å²) in [6.07, 6.45) is 3.97. The van der Waals surface area contributed by atoms with Crippen molar-refractivity contribution in [2.24, 2.45) is 0 Å². The molecule has 148 valence electrons. The summed E-state index contributed by atoms with van der Waals surface area (Å²) >= 11 is 0. The van der Waals surface area contributed by atoms with Gasteiger partial charge in [-0.05, 0) is 67.1 Å². The van der Waals surface area contributed by atoms with E-state index in [-0.39, 0.29) is 11.9 Å². The Morgan fingerprint density at radius 1 is 0.931 bits per heavy atom. The van der Waals surface area contributed by atoms with Crippen molar-refractivity contribution in [3.05, 3.63) is 95.6 Å². The summed E-state index contributed by atoms with van der Waals surface area (Å²) in [6.45, 7) is 0. The first kappa shape index (κ1) is 19.3. The minimum Gasteiger partial charge on any atom is -0.378 e. The van der Waals surface area contributed by atoms with Crippen molar-refractivity contribution in [2.45, 2.75) is 31.7 Å². The zero-order chi connectivity index (χ0) is 20.2. The molecule has 3 aromatic carbocycles. The lowest BCUT2D eigenvalue weighted by Crippen LogP contribution is -2.44. The number of para-hydroxylation sites is 1. The van der Waals surface area contributed by atoms with E-state index in [1.807, 2.05) is 41.3 Å². The lowest BCUT2D eigenvalue weighted by atomic mass is 9.91. The summed E-state index contributed by atoms with van der Waals surface area (Å²) in [6, 6.07) is 26.9. The highest BCUT2D eigenvalue weighted by atomic mass is 16.2. The van der Waals surface area contributed by atoms with E-state index in [2.05, 4.69) is 61.5 Å². The van der Waals surface area contributed by atoms with Crippen LogP contribution in [0.25, 0.3) is 0 Å². The Hall–Kier alpha value is -3.07. The van der Waals surface area contributed by atoms with Crippen molar-refractivity contribution in [1.82, 2.24) is 0 Å². The predicted molar refractivity (Wildman–Crippen MR) is 121 cm³/mol. The number of carbonyl (C=O) groups is 1. The maximum atomic E-state index is 13.4. The molecule has 3 nitrogen and oxygen atoms in total. The second-order valence-corrected chi connectivity index (χ2v) is 7.96. The lowest BCUT2D eigenvalue weighted by Gasteiger charge is -2.37. The molecular weight excluding hydrogens is 356 g/mol. The maximum Gasteiger partial charge on any atom is 0.258 e. The van der Waals surface area contributed by atoms with Crippen molar-refractivity contribution < 1.29 is 4.79 Å². The minimum absolute atomic E-state index is 0.103. The van der Waals surface area contributed by atoms with Crippen LogP contribution in [0.5, 0.6) is 0 Å². The van der Waals surface area contributed by atoms with Gasteiger partial charge in [0.15, 0.2) is 0 Å². The number of hydrogen-bond acceptors (Lipinski definition) is 2. The number of hydrogen-bond donors (Lipinski definition) is 0. The van der Waals surface area contributed by atoms with Crippen LogP contribution in [-0.4, -0.2) is 26.0 Å². The van der Waals surface area contributed by atoms with Crippen LogP contribution in [0.15, 0.2) is 78.9 Å². The number of nitrogens with zero attached hydrogens (tertiary/aromatic N) is 2. The van der Waals surface area contributed by atoms with Gasteiger partial charge >= 0.3 is 0 Å². The molecule has 0 aromatic heterocycles. The molecule has 3 aromatic rings. The first-order valence-electron chi connectivity index (χ1n) is 10.4. The van der Waals surface area contributed by atoms with E-state index < -0.39 is 0 Å². The van der Waals surface area contributed by atoms with E-state index in [4.69, 9.17) is 0 Å². The molecule has 1 aliphatic heterocycles. The molecule has 0 N–H and O–H groups in total. The van der Waals surface area contributed by atoms with Crippen LogP contribution in [0.3, 0.4) is 0 Å². The molecule has 4 rings (SSSR count). The average Bonchev–Trinajstić information content (AvgIpc) is 2.77. The Balaban J connectivity index is 1.57. The average molecular weight is 385 g/mol. The molecule has 0 fully saturated rings. The van der Waals surface area contributed by atoms with Gasteiger partial charge in [-0.2, -0.15) is 0 Å². The molecular formula is C26H28N2O. The van der Waals surface area contributed by atoms with E-state index in [1.165, 1.54) is 16.8 Å². The smallest absolute Gasteiger partial charge is 0.258 e. The van der Waals surface area contributed by atoms with Gasteiger partial charge in [-0.25, -0.2) is 0 Å². The standard InChI is InChI=1S/C26H28N2O/c1-27(2)23-16-12-20(13-17-23)14-18-24-19-15-21-8-6-7-11-25(21)28(24)26(29)22-9-4-3-5-10-22/h3-13,16-17,24H,14-15,18-19H2,1-2H3/t24-/m1/s1. The van der Waals surface area contributed by atoms with Gasteiger partial charge < -0.3 is 9.80 Å². The molecule has 0 aliphatic carbocycles. The molecule has 1 aliphatic rings. The molecule has 0 saturated heterocycles. The van der Waals surface area contributed by atoms with Crippen molar-refractivity contribution in [1.29, 1.82) is 0 Å². The number of anilines is 2. The summed E-state index contributed by atoms with van der Waals surface area (Å²) in [5, 5.41) is 0. The number of benzene rings is 3. The number of amides is 1. The Morgan fingerprint density at radius 3 is 2.34 bits per heavy atom. The SMILES string of the molecule is CN(C)c1ccc(CC[C@@H]2CCc3ccccc3N2C(=O)c2ccccc2)cc1. The molecule has 1 atom stereocenters. The molecule has 0 spiro atoms. The van der Waals surface area contributed by atoms with Gasteiger partial charge in [-0.15, -0.1) is 0 Å². The van der Waals surface area contributed by atoms with Gasteiger partial charge in [-0.1, -0.05) is 48.5 Å². The quantitative estimate of drug-likeness (QED) is 0.592. The Labute approximate surface area is 173 Å². The van der Waals surface area contributed by atoms with Crippen LogP contribution in [0, 0.1) is 0 Å². The summed E-state index contributed by atoms with van der Waals surface area (Å²) in [7, 11) is 4.11. The van der Waals surface area contributed by atoms with Gasteiger partial charge in [0.25, 0.3) is 5.91 Å². The number of aryl methyl sites for hydroxylation is 2. The Morgan fingerprint density at radius 2 is 1.62 bits per heavy atom. The largest absolute Gasteiger partial charge is 0.378 e. The van der Waals surface area contributed by atoms with Crippen LogP contribution in [0.4, 0.5) is 11.4 Å². The Kier molecular flexibility index (Phi) is 5.66. The van der Waals surface area contributed by atoms with Crippen LogP contribution in [0.2, 0.25) is 0 Å². The van der Waals surface area contributed by atoms with E-state index in [0.717, 1.165) is 36.9 Å². The molecule has 1 heterocycles. The van der Waals surface area contributed by atoms with Gasteiger partial charge in [-0.3, -0.25) is 4.79 Å². The zero-order valence-corrected chi connectivity index (χ0v) is 17.2. The fraction of sp³-hybridized carbons (Fsp3) is 0.269. The van der Waals surface area contributed by atoms with Crippen LogP contribution < -0.4 is 9.80 Å². The number of fused-ring (bicyclic) bond motifs is 1. The van der Waals surface area contributed by atoms with Crippen LogP contribution in [-0.2, 0) is 12.8 Å². The normalized spacial score (nSPS) is 15.7. The third-order valence-corrected chi connectivity index (χ3v) is 5.82. The summed E-state index contributed by atoms with van der Waals surface area (Å²) in [4.78, 5) is 17.6. The van der Waals surface area contributed by atoms with Crippen molar-refractivity contribution in [2.75, 3.05) is 23.9 Å². The summed E-state index contributed by atoms with van der Waals surface area (Å²) in [5.41, 5.74) is 5.62. The molecule has 0 unspecified atom stereocenters. The topological polar surface area (TPSA) is 23.6 Å². The molecule has 1 amide bonds. The third kappa shape index (κ3) is 4.19. The highest BCUT2D eigenvalue weighted by Crippen LogP contribution is 2.33. The van der Waals surface area contributed by atoms with E-state index in [0.29, 0.717) is 0 Å². The van der Waals surface area contributed by atoms with Gasteiger partial charge in [0, 0.05) is 37.1 Å². The van der Waals surface area contributed by atoms with Crippen molar-refractivity contribution in [3.63, 3.8) is 0 Å². The summed E-state index contributed by atoms with van der Waals surface area (Å²) in [5.74, 6) is 0.103. The highest BCUT2D eigenvalue weighted by molar-refractivity contribution is 6.07. The summed E-state index contributed by atoms with van der Waals surface area (Å²) < 4.78 is 0. The lowest BCUT2D eigenvalue weighted by molar-refractivity contribution is 0.0971. The van der Waals surface area contributed by atoms with Gasteiger partial charge in [0.05, 0.1) is 0 Å². The molecule has 0 radical (unpaired) electrons. The third-order valence-electron chi connectivity index (χ3n) is 5.82. The molecule has 3 heteroatoms. The van der Waals surface area contributed by atoms with E-state index in [1.54, 1.807) is 0 Å². The van der Waals surface area contributed by atoms with Crippen molar-refractivity contribution >= 4 is 17.3 Å². The fourth-order valence-corrected chi connectivity index (χ4v) is 4.17.